The van der Waals surface area contributed by atoms with E-state index in [1.807, 2.05) is 0 Å². The number of nitrogens with one attached hydrogen (secondary N) is 1. The van der Waals surface area contributed by atoms with Crippen molar-refractivity contribution in [2.24, 2.45) is 0 Å². The molecule has 0 saturated heterocycles. The van der Waals surface area contributed by atoms with E-state index in [-0.39, 0.29) is 23.3 Å². The fraction of sp³-hybridized carbons (Fsp3) is 0.450. The lowest BCUT2D eigenvalue weighted by atomic mass is 9.98. The van der Waals surface area contributed by atoms with Crippen LogP contribution in [0.2, 0.25) is 23.2 Å². The molecule has 0 radical (unpaired) electrons. The molecule has 1 aromatic heterocycles. The molecule has 2 rings (SSSR count). The normalized spacial score (nSPS) is 12.1. The fourth-order valence-corrected chi connectivity index (χ4v) is 3.59. The summed E-state index contributed by atoms with van der Waals surface area (Å²) < 4.78 is 11.9. The molecular weight excluding hydrogens is 396 g/mol. The molecule has 1 N–H and O–H groups in total. The van der Waals surface area contributed by atoms with Crippen molar-refractivity contribution in [2.45, 2.75) is 45.8 Å². The van der Waals surface area contributed by atoms with Gasteiger partial charge in [0.15, 0.2) is 14.1 Å². The second kappa shape index (κ2) is 8.59. The van der Waals surface area contributed by atoms with Crippen molar-refractivity contribution in [3.05, 3.63) is 45.2 Å². The molecule has 6 nitrogen and oxygen atoms in total. The van der Waals surface area contributed by atoms with Gasteiger partial charge in [-0.05, 0) is 48.8 Å². The van der Waals surface area contributed by atoms with Crippen LogP contribution in [-0.2, 0) is 4.43 Å². The zero-order valence-corrected chi connectivity index (χ0v) is 18.9. The van der Waals surface area contributed by atoms with Crippen LogP contribution in [0, 0.1) is 0 Å². The summed E-state index contributed by atoms with van der Waals surface area (Å²) in [6.07, 6.45) is 0. The van der Waals surface area contributed by atoms with E-state index in [0.29, 0.717) is 28.3 Å². The summed E-state index contributed by atoms with van der Waals surface area (Å²) in [7, 11) is -1.88. The molecule has 0 spiro atoms. The van der Waals surface area contributed by atoms with Gasteiger partial charge in [0.2, 0.25) is 5.88 Å². The Bertz CT molecular complexity index is 919. The van der Waals surface area contributed by atoms with E-state index in [0.717, 1.165) is 0 Å². The zero-order chi connectivity index (χ0) is 21.1. The minimum atomic E-state index is -1.88. The van der Waals surface area contributed by atoms with Gasteiger partial charge in [-0.1, -0.05) is 32.4 Å². The lowest BCUT2D eigenvalue weighted by Gasteiger charge is -2.36. The minimum absolute atomic E-state index is 0.103. The van der Waals surface area contributed by atoms with Crippen molar-refractivity contribution in [3.63, 3.8) is 0 Å². The van der Waals surface area contributed by atoms with Crippen molar-refractivity contribution < 1.29 is 14.0 Å². The average molecular weight is 423 g/mol. The molecule has 0 saturated carbocycles. The van der Waals surface area contributed by atoms with E-state index in [1.54, 1.807) is 18.2 Å². The summed E-state index contributed by atoms with van der Waals surface area (Å²) in [5.41, 5.74) is 0.983. The Morgan fingerprint density at radius 1 is 1.18 bits per heavy atom. The number of rotatable bonds is 7. The Kier molecular flexibility index (Phi) is 6.85. The summed E-state index contributed by atoms with van der Waals surface area (Å²) in [5, 5.41) is 6.94. The summed E-state index contributed by atoms with van der Waals surface area (Å²) >= 11 is 6.11. The third-order valence-electron chi connectivity index (χ3n) is 5.02. The molecular formula is C20H27ClN2O4Si. The monoisotopic (exact) mass is 422 g/mol. The molecule has 2 aromatic rings. The number of carbonyl (C=O) groups excluding carboxylic acids is 1. The maximum absolute atomic E-state index is 12.0. The number of benzene rings is 1. The van der Waals surface area contributed by atoms with Gasteiger partial charge in [0, 0.05) is 16.7 Å². The number of hydrogen-bond acceptors (Lipinski definition) is 5. The highest BCUT2D eigenvalue weighted by molar-refractivity contribution is 6.74. The number of aromatic nitrogens is 2. The van der Waals surface area contributed by atoms with Gasteiger partial charge in [-0.3, -0.25) is 9.59 Å². The molecule has 0 aliphatic heterocycles. The van der Waals surface area contributed by atoms with Crippen LogP contribution in [0.5, 0.6) is 5.88 Å². The number of hydrogen-bond donors (Lipinski definition) is 1. The molecule has 8 heteroatoms. The number of ketones is 1. The van der Waals surface area contributed by atoms with E-state index in [4.69, 9.17) is 20.8 Å². The highest BCUT2D eigenvalue weighted by Crippen LogP contribution is 2.36. The topological polar surface area (TPSA) is 81.3 Å². The third-order valence-corrected chi connectivity index (χ3v) is 9.79. The third kappa shape index (κ3) is 5.30. The second-order valence-electron chi connectivity index (χ2n) is 8.15. The Hall–Kier alpha value is -1.96. The van der Waals surface area contributed by atoms with Crippen LogP contribution in [0.4, 0.5) is 0 Å². The quantitative estimate of drug-likeness (QED) is 0.397. The fourth-order valence-electron chi connectivity index (χ4n) is 2.39. The molecule has 0 bridgehead atoms. The Morgan fingerprint density at radius 2 is 1.86 bits per heavy atom. The first-order valence-electron chi connectivity index (χ1n) is 9.10. The predicted octanol–water partition coefficient (Wildman–Crippen LogP) is 4.69. The van der Waals surface area contributed by atoms with Crippen molar-refractivity contribution in [3.8, 4) is 17.0 Å². The van der Waals surface area contributed by atoms with E-state index in [9.17, 15) is 9.59 Å². The van der Waals surface area contributed by atoms with Crippen molar-refractivity contribution in [2.75, 3.05) is 13.2 Å². The van der Waals surface area contributed by atoms with Gasteiger partial charge >= 0.3 is 0 Å². The van der Waals surface area contributed by atoms with Crippen LogP contribution in [0.1, 0.15) is 38.1 Å². The second-order valence-corrected chi connectivity index (χ2v) is 13.4. The maximum atomic E-state index is 12.0. The number of Topliss-reactive ketones (excluding diaryl/α,β-unsaturated/α-hetero) is 1. The average Bonchev–Trinajstić information content (AvgIpc) is 2.58. The standard InChI is InChI=1S/C20H27ClN2O4Si/c1-13(24)15-8-7-14(21)11-16(15)17-12-18(25)22-23-19(17)26-9-10-27-28(5,6)20(2,3)4/h7-8,11-12H,9-10H2,1-6H3,(H,22,25). The van der Waals surface area contributed by atoms with E-state index in [2.05, 4.69) is 44.1 Å². The smallest absolute Gasteiger partial charge is 0.265 e. The summed E-state index contributed by atoms with van der Waals surface area (Å²) in [5.74, 6) is 0.0855. The molecule has 0 unspecified atom stereocenters. The lowest BCUT2D eigenvalue weighted by molar-refractivity contribution is 0.101. The predicted molar refractivity (Wildman–Crippen MR) is 114 cm³/mol. The van der Waals surface area contributed by atoms with Gasteiger partial charge in [0.1, 0.15) is 6.61 Å². The first-order valence-corrected chi connectivity index (χ1v) is 12.4. The first kappa shape index (κ1) is 22.3. The Morgan fingerprint density at radius 3 is 2.46 bits per heavy atom. The highest BCUT2D eigenvalue weighted by Gasteiger charge is 2.36. The number of carbonyl (C=O) groups is 1. The zero-order valence-electron chi connectivity index (χ0n) is 17.2. The van der Waals surface area contributed by atoms with Crippen LogP contribution in [-0.4, -0.2) is 37.5 Å². The molecule has 1 aromatic carbocycles. The van der Waals surface area contributed by atoms with Gasteiger partial charge in [0.05, 0.1) is 12.2 Å². The van der Waals surface area contributed by atoms with E-state index >= 15 is 0 Å². The van der Waals surface area contributed by atoms with Crippen LogP contribution >= 0.6 is 11.6 Å². The summed E-state index contributed by atoms with van der Waals surface area (Å²) in [6, 6.07) is 6.25. The van der Waals surface area contributed by atoms with Gasteiger partial charge in [-0.15, -0.1) is 5.10 Å². The van der Waals surface area contributed by atoms with Gasteiger partial charge in [0.25, 0.3) is 5.56 Å². The molecule has 0 amide bonds. The van der Waals surface area contributed by atoms with Crippen LogP contribution < -0.4 is 10.3 Å². The SMILES string of the molecule is CC(=O)c1ccc(Cl)cc1-c1cc(=O)[nH]nc1OCCO[Si](C)(C)C(C)(C)C. The largest absolute Gasteiger partial charge is 0.474 e. The van der Waals surface area contributed by atoms with Crippen molar-refractivity contribution >= 4 is 25.7 Å². The van der Waals surface area contributed by atoms with E-state index in [1.165, 1.54) is 13.0 Å². The molecule has 0 aliphatic carbocycles. The van der Waals surface area contributed by atoms with Crippen LogP contribution in [0.3, 0.4) is 0 Å². The van der Waals surface area contributed by atoms with Crippen molar-refractivity contribution in [1.29, 1.82) is 0 Å². The molecule has 0 atom stereocenters. The highest BCUT2D eigenvalue weighted by atomic mass is 35.5. The maximum Gasteiger partial charge on any atom is 0.265 e. The summed E-state index contributed by atoms with van der Waals surface area (Å²) in [4.78, 5) is 23.8. The number of nitrogens with zero attached hydrogens (tertiary/aromatic N) is 1. The van der Waals surface area contributed by atoms with Crippen LogP contribution in [0.15, 0.2) is 29.1 Å². The van der Waals surface area contributed by atoms with Gasteiger partial charge < -0.3 is 9.16 Å². The summed E-state index contributed by atoms with van der Waals surface area (Å²) in [6.45, 7) is 13.0. The number of H-pyrrole nitrogens is 1. The van der Waals surface area contributed by atoms with Crippen LogP contribution in [0.25, 0.3) is 11.1 Å². The van der Waals surface area contributed by atoms with Gasteiger partial charge in [-0.2, -0.15) is 0 Å². The molecule has 28 heavy (non-hydrogen) atoms. The molecule has 1 heterocycles. The molecule has 0 aliphatic rings. The Balaban J connectivity index is 2.26. The minimum Gasteiger partial charge on any atom is -0.474 e. The first-order chi connectivity index (χ1) is 12.9. The molecule has 152 valence electrons. The van der Waals surface area contributed by atoms with E-state index < -0.39 is 13.9 Å². The van der Waals surface area contributed by atoms with Crippen molar-refractivity contribution in [1.82, 2.24) is 10.2 Å². The number of aromatic amines is 1. The van der Waals surface area contributed by atoms with Gasteiger partial charge in [-0.25, -0.2) is 5.10 Å². The number of halogens is 1. The lowest BCUT2D eigenvalue weighted by Crippen LogP contribution is -2.41. The number of ether oxygens (including phenoxy) is 1. The Labute approximate surface area is 171 Å². The molecule has 0 fully saturated rings.